The third kappa shape index (κ3) is 6.18. The summed E-state index contributed by atoms with van der Waals surface area (Å²) in [6.45, 7) is 4.07. The fourth-order valence-electron chi connectivity index (χ4n) is 1.94. The van der Waals surface area contributed by atoms with Crippen LogP contribution >= 0.6 is 15.9 Å². The van der Waals surface area contributed by atoms with Gasteiger partial charge in [0.25, 0.3) is 0 Å². The van der Waals surface area contributed by atoms with E-state index >= 15 is 0 Å². The molecule has 0 unspecified atom stereocenters. The fourth-order valence-corrected chi connectivity index (χ4v) is 2.32. The normalized spacial score (nSPS) is 10.3. The number of halogens is 1. The average molecular weight is 416 g/mol. The molecule has 0 spiro atoms. The maximum atomic E-state index is 11.6. The number of ether oxygens (including phenoxy) is 1. The Balaban J connectivity index is 2.01. The van der Waals surface area contributed by atoms with Crippen LogP contribution in [0.5, 0.6) is 5.75 Å². The number of rotatable bonds is 7. The molecule has 0 aliphatic carbocycles. The van der Waals surface area contributed by atoms with Crippen LogP contribution in [-0.2, 0) is 16.2 Å². The van der Waals surface area contributed by atoms with E-state index in [0.717, 1.165) is 10.0 Å². The van der Waals surface area contributed by atoms with E-state index in [0.29, 0.717) is 17.9 Å². The Bertz CT molecular complexity index is 807. The molecule has 0 saturated heterocycles. The minimum atomic E-state index is -0.857. The zero-order chi connectivity index (χ0) is 18.8. The van der Waals surface area contributed by atoms with Crippen LogP contribution < -0.4 is 15.5 Å². The first kappa shape index (κ1) is 19.4. The smallest absolute Gasteiger partial charge is 0.329 e. The summed E-state index contributed by atoms with van der Waals surface area (Å²) in [5.74, 6) is -1.03. The molecule has 0 bridgehead atoms. The molecule has 2 N–H and O–H groups in total. The van der Waals surface area contributed by atoms with Crippen molar-refractivity contribution in [2.24, 2.45) is 5.10 Å². The number of carbonyl (C=O) groups is 2. The molecule has 0 radical (unpaired) electrons. The highest BCUT2D eigenvalue weighted by Gasteiger charge is 2.11. The van der Waals surface area contributed by atoms with Gasteiger partial charge in [0.1, 0.15) is 12.4 Å². The number of hydrogen-bond acceptors (Lipinski definition) is 4. The van der Waals surface area contributed by atoms with Gasteiger partial charge in [0, 0.05) is 16.6 Å². The van der Waals surface area contributed by atoms with Crippen molar-refractivity contribution in [3.05, 3.63) is 76.8 Å². The Morgan fingerprint density at radius 3 is 2.65 bits per heavy atom. The molecule has 134 valence electrons. The summed E-state index contributed by atoms with van der Waals surface area (Å²) in [5.41, 5.74) is 3.86. The molecule has 0 aliphatic rings. The number of benzene rings is 2. The van der Waals surface area contributed by atoms with Gasteiger partial charge in [0.15, 0.2) is 0 Å². The molecule has 0 fully saturated rings. The van der Waals surface area contributed by atoms with Gasteiger partial charge in [-0.2, -0.15) is 5.10 Å². The zero-order valence-electron chi connectivity index (χ0n) is 13.9. The number of nitrogens with zero attached hydrogens (tertiary/aromatic N) is 1. The van der Waals surface area contributed by atoms with Crippen molar-refractivity contribution in [2.75, 3.05) is 6.54 Å². The van der Waals surface area contributed by atoms with Gasteiger partial charge in [0.2, 0.25) is 0 Å². The predicted octanol–water partition coefficient (Wildman–Crippen LogP) is 2.78. The van der Waals surface area contributed by atoms with E-state index in [4.69, 9.17) is 4.74 Å². The average Bonchev–Trinajstić information content (AvgIpc) is 2.66. The summed E-state index contributed by atoms with van der Waals surface area (Å²) >= 11 is 3.39. The molecule has 2 amide bonds. The number of nitrogens with one attached hydrogen (secondary N) is 2. The first-order chi connectivity index (χ1) is 12.6. The summed E-state index contributed by atoms with van der Waals surface area (Å²) in [6, 6.07) is 15.2. The molecule has 0 atom stereocenters. The molecule has 0 saturated carbocycles. The summed E-state index contributed by atoms with van der Waals surface area (Å²) < 4.78 is 6.66. The Morgan fingerprint density at radius 2 is 1.92 bits per heavy atom. The number of hydrogen-bond donors (Lipinski definition) is 2. The highest BCUT2D eigenvalue weighted by atomic mass is 79.9. The van der Waals surface area contributed by atoms with Crippen molar-refractivity contribution >= 4 is 34.0 Å². The maximum absolute atomic E-state index is 11.6. The number of carbonyl (C=O) groups excluding carboxylic acids is 2. The van der Waals surface area contributed by atoms with Crippen LogP contribution in [0.3, 0.4) is 0 Å². The van der Waals surface area contributed by atoms with Crippen molar-refractivity contribution in [2.45, 2.75) is 6.61 Å². The van der Waals surface area contributed by atoms with Crippen LogP contribution in [0.4, 0.5) is 0 Å². The molecular weight excluding hydrogens is 398 g/mol. The lowest BCUT2D eigenvalue weighted by atomic mass is 10.2. The molecule has 2 aromatic rings. The van der Waals surface area contributed by atoms with E-state index in [9.17, 15) is 9.59 Å². The van der Waals surface area contributed by atoms with Crippen molar-refractivity contribution < 1.29 is 14.3 Å². The minimum Gasteiger partial charge on any atom is -0.488 e. The highest BCUT2D eigenvalue weighted by Crippen LogP contribution is 2.22. The molecular formula is C19H18BrN3O3. The quantitative estimate of drug-likeness (QED) is 0.315. The van der Waals surface area contributed by atoms with Crippen LogP contribution in [0.2, 0.25) is 0 Å². The Hall–Kier alpha value is -2.93. The van der Waals surface area contributed by atoms with Gasteiger partial charge in [-0.25, -0.2) is 5.43 Å². The molecule has 6 nitrogen and oxygen atoms in total. The Labute approximate surface area is 160 Å². The van der Waals surface area contributed by atoms with Crippen LogP contribution in [-0.4, -0.2) is 24.6 Å². The van der Waals surface area contributed by atoms with E-state index in [1.54, 1.807) is 12.1 Å². The lowest BCUT2D eigenvalue weighted by Crippen LogP contribution is -2.37. The molecule has 26 heavy (non-hydrogen) atoms. The largest absolute Gasteiger partial charge is 0.488 e. The number of amides is 2. The second-order valence-corrected chi connectivity index (χ2v) is 6.07. The zero-order valence-corrected chi connectivity index (χ0v) is 15.5. The fraction of sp³-hybridized carbons (Fsp3) is 0.105. The van der Waals surface area contributed by atoms with Crippen molar-refractivity contribution in [3.63, 3.8) is 0 Å². The first-order valence-electron chi connectivity index (χ1n) is 7.78. The lowest BCUT2D eigenvalue weighted by Gasteiger charge is -2.09. The van der Waals surface area contributed by atoms with Crippen LogP contribution in [0, 0.1) is 0 Å². The Morgan fingerprint density at radius 1 is 1.15 bits per heavy atom. The van der Waals surface area contributed by atoms with E-state index in [1.165, 1.54) is 12.3 Å². The monoisotopic (exact) mass is 415 g/mol. The highest BCUT2D eigenvalue weighted by molar-refractivity contribution is 9.10. The topological polar surface area (TPSA) is 79.8 Å². The summed E-state index contributed by atoms with van der Waals surface area (Å²) in [7, 11) is 0. The lowest BCUT2D eigenvalue weighted by molar-refractivity contribution is -0.139. The minimum absolute atomic E-state index is 0.207. The molecule has 2 rings (SSSR count). The summed E-state index contributed by atoms with van der Waals surface area (Å²) in [6.07, 6.45) is 2.90. The van der Waals surface area contributed by atoms with Crippen molar-refractivity contribution in [1.82, 2.24) is 10.7 Å². The second kappa shape index (κ2) is 10.1. The van der Waals surface area contributed by atoms with Crippen LogP contribution in [0.15, 0.2) is 70.8 Å². The van der Waals surface area contributed by atoms with Gasteiger partial charge >= 0.3 is 11.8 Å². The number of hydrazone groups is 1. The molecule has 0 aromatic heterocycles. The first-order valence-corrected chi connectivity index (χ1v) is 8.58. The van der Waals surface area contributed by atoms with Gasteiger partial charge in [-0.3, -0.25) is 9.59 Å². The van der Waals surface area contributed by atoms with Crippen LogP contribution in [0.1, 0.15) is 11.1 Å². The summed E-state index contributed by atoms with van der Waals surface area (Å²) in [5, 5.41) is 6.18. The SMILES string of the molecule is C=CCNC(=O)C(=O)N/N=C\c1cc(Br)ccc1OCc1ccccc1. The molecule has 2 aromatic carbocycles. The summed E-state index contributed by atoms with van der Waals surface area (Å²) in [4.78, 5) is 23.0. The van der Waals surface area contributed by atoms with Crippen LogP contribution in [0.25, 0.3) is 0 Å². The van der Waals surface area contributed by atoms with Crippen molar-refractivity contribution in [1.29, 1.82) is 0 Å². The molecule has 0 aliphatic heterocycles. The van der Waals surface area contributed by atoms with E-state index in [-0.39, 0.29) is 6.54 Å². The molecule has 0 heterocycles. The van der Waals surface area contributed by atoms with E-state index in [1.807, 2.05) is 36.4 Å². The van der Waals surface area contributed by atoms with Gasteiger partial charge in [-0.05, 0) is 23.8 Å². The third-order valence-corrected chi connectivity index (χ3v) is 3.69. The molecule has 7 heteroatoms. The van der Waals surface area contributed by atoms with Gasteiger partial charge in [-0.15, -0.1) is 6.58 Å². The predicted molar refractivity (Wildman–Crippen MR) is 104 cm³/mol. The van der Waals surface area contributed by atoms with E-state index in [2.05, 4.69) is 38.4 Å². The van der Waals surface area contributed by atoms with Gasteiger partial charge in [-0.1, -0.05) is 52.3 Å². The Kier molecular flexibility index (Phi) is 7.57. The third-order valence-electron chi connectivity index (χ3n) is 3.19. The van der Waals surface area contributed by atoms with Gasteiger partial charge < -0.3 is 10.1 Å². The van der Waals surface area contributed by atoms with Crippen molar-refractivity contribution in [3.8, 4) is 5.75 Å². The second-order valence-electron chi connectivity index (χ2n) is 5.15. The van der Waals surface area contributed by atoms with Gasteiger partial charge in [0.05, 0.1) is 6.21 Å². The van der Waals surface area contributed by atoms with E-state index < -0.39 is 11.8 Å². The maximum Gasteiger partial charge on any atom is 0.329 e. The standard InChI is InChI=1S/C19H18BrN3O3/c1-2-10-21-18(24)19(25)23-22-12-15-11-16(20)8-9-17(15)26-13-14-6-4-3-5-7-14/h2-9,11-12H,1,10,13H2,(H,21,24)(H,23,25)/b22-12-.